The zero-order chi connectivity index (χ0) is 31.3. The second-order valence-corrected chi connectivity index (χ2v) is 14.4. The summed E-state index contributed by atoms with van der Waals surface area (Å²) in [6.07, 6.45) is 0.306. The lowest BCUT2D eigenvalue weighted by atomic mass is 9.44. The number of nitrogens with zero attached hydrogens (tertiary/aromatic N) is 2. The number of aromatic nitrogens is 2. The fraction of sp³-hybridized carbons (Fsp3) is 0.645. The van der Waals surface area contributed by atoms with E-state index in [1.807, 2.05) is 0 Å². The second kappa shape index (κ2) is 9.82. The highest BCUT2D eigenvalue weighted by Crippen LogP contribution is 2.72. The highest BCUT2D eigenvalue weighted by molar-refractivity contribution is 8.14. The number of aliphatic hydroxyl groups excluding tert-OH is 1. The summed E-state index contributed by atoms with van der Waals surface area (Å²) in [5, 5.41) is 14.6. The minimum atomic E-state index is -2.35. The normalized spacial score (nSPS) is 43.4. The number of rotatable bonds is 4. The summed E-state index contributed by atoms with van der Waals surface area (Å²) in [4.78, 5) is 52.8. The Morgan fingerprint density at radius 3 is 2.58 bits per heavy atom. The summed E-state index contributed by atoms with van der Waals surface area (Å²) in [7, 11) is 1.57. The highest BCUT2D eigenvalue weighted by Gasteiger charge is 2.78. The van der Waals surface area contributed by atoms with Crippen LogP contribution in [-0.2, 0) is 30.9 Å². The van der Waals surface area contributed by atoms with Crippen LogP contribution in [0.1, 0.15) is 62.6 Å². The topological polar surface area (TPSA) is 125 Å². The molecule has 43 heavy (non-hydrogen) atoms. The van der Waals surface area contributed by atoms with E-state index in [2.05, 4.69) is 5.10 Å². The van der Waals surface area contributed by atoms with Gasteiger partial charge in [-0.2, -0.15) is 5.10 Å². The summed E-state index contributed by atoms with van der Waals surface area (Å²) in [6, 6.07) is 1.53. The monoisotopic (exact) mass is 618 g/mol. The van der Waals surface area contributed by atoms with Gasteiger partial charge in [0.15, 0.2) is 17.1 Å². The molecule has 5 aliphatic rings. The molecule has 9 nitrogen and oxygen atoms in total. The smallest absolute Gasteiger partial charge is 0.357 e. The van der Waals surface area contributed by atoms with Gasteiger partial charge in [0.05, 0.1) is 18.4 Å². The first-order valence-corrected chi connectivity index (χ1v) is 15.6. The SMILES string of the molecule is Cc1cc(C(=O)O[C@]2(C(=O)S[C@H]3CCOC3=O)[C@H](C)C[C@H]3[C@@H]4C[C@H](F)C5=CC(=O)C=C[C@]5(C)[C@@]4(F)[C@@H](O)C[C@@]32C)n(C)n1. The van der Waals surface area contributed by atoms with Gasteiger partial charge in [-0.3, -0.25) is 19.1 Å². The number of aliphatic hydroxyl groups is 1. The van der Waals surface area contributed by atoms with Crippen molar-refractivity contribution < 1.29 is 42.5 Å². The fourth-order valence-electron chi connectivity index (χ4n) is 9.02. The molecular weight excluding hydrogens is 582 g/mol. The second-order valence-electron chi connectivity index (χ2n) is 13.3. The number of halogens is 2. The molecule has 10 atom stereocenters. The Bertz CT molecular complexity index is 1490. The van der Waals surface area contributed by atoms with Crippen LogP contribution >= 0.6 is 11.8 Å². The first-order valence-electron chi connectivity index (χ1n) is 14.7. The Morgan fingerprint density at radius 1 is 1.23 bits per heavy atom. The van der Waals surface area contributed by atoms with Crippen LogP contribution in [0.2, 0.25) is 0 Å². The van der Waals surface area contributed by atoms with Crippen molar-refractivity contribution in [3.8, 4) is 0 Å². The maximum absolute atomic E-state index is 17.7. The van der Waals surface area contributed by atoms with E-state index in [4.69, 9.17) is 9.47 Å². The van der Waals surface area contributed by atoms with Crippen molar-refractivity contribution in [1.29, 1.82) is 0 Å². The number of hydrogen-bond acceptors (Lipinski definition) is 9. The predicted molar refractivity (Wildman–Crippen MR) is 151 cm³/mol. The number of fused-ring (bicyclic) bond motifs is 5. The van der Waals surface area contributed by atoms with Crippen LogP contribution in [0.25, 0.3) is 0 Å². The summed E-state index contributed by atoms with van der Waals surface area (Å²) in [5.74, 6) is -4.21. The van der Waals surface area contributed by atoms with Gasteiger partial charge >= 0.3 is 11.9 Å². The van der Waals surface area contributed by atoms with E-state index in [0.717, 1.165) is 17.8 Å². The zero-order valence-corrected chi connectivity index (χ0v) is 25.6. The number of ketones is 1. The highest BCUT2D eigenvalue weighted by atomic mass is 32.2. The van der Waals surface area contributed by atoms with E-state index >= 15 is 8.78 Å². The molecule has 3 saturated carbocycles. The van der Waals surface area contributed by atoms with Crippen LogP contribution < -0.4 is 0 Å². The molecule has 0 unspecified atom stereocenters. The quantitative estimate of drug-likeness (QED) is 0.502. The number of cyclic esters (lactones) is 1. The van der Waals surface area contributed by atoms with Crippen molar-refractivity contribution in [2.45, 2.75) is 82.2 Å². The van der Waals surface area contributed by atoms with E-state index in [0.29, 0.717) is 12.1 Å². The number of alkyl halides is 2. The number of carbonyl (C=O) groups excluding carboxylic acids is 4. The molecule has 232 valence electrons. The Labute approximate surface area is 252 Å². The molecule has 0 amide bonds. The number of thioether (sulfide) groups is 1. The van der Waals surface area contributed by atoms with Crippen molar-refractivity contribution in [3.05, 3.63) is 41.3 Å². The van der Waals surface area contributed by atoms with E-state index < -0.39 is 80.2 Å². The minimum Gasteiger partial charge on any atom is -0.465 e. The van der Waals surface area contributed by atoms with E-state index in [9.17, 15) is 24.3 Å². The first kappa shape index (κ1) is 30.2. The van der Waals surface area contributed by atoms with Crippen LogP contribution in [0, 0.1) is 35.5 Å². The van der Waals surface area contributed by atoms with Crippen molar-refractivity contribution in [2.75, 3.05) is 6.61 Å². The lowest BCUT2D eigenvalue weighted by Gasteiger charge is -2.63. The Kier molecular flexibility index (Phi) is 6.89. The van der Waals surface area contributed by atoms with Gasteiger partial charge in [-0.25, -0.2) is 13.6 Å². The van der Waals surface area contributed by atoms with E-state index in [1.54, 1.807) is 27.8 Å². The third kappa shape index (κ3) is 3.93. The number of carbonyl (C=O) groups is 4. The summed E-state index contributed by atoms with van der Waals surface area (Å²) in [5.41, 5.74) is -6.49. The van der Waals surface area contributed by atoms with Crippen LogP contribution in [-0.4, -0.2) is 73.1 Å². The van der Waals surface area contributed by atoms with Gasteiger partial charge in [0.25, 0.3) is 0 Å². The number of allylic oxidation sites excluding steroid dienone is 4. The van der Waals surface area contributed by atoms with Crippen molar-refractivity contribution in [1.82, 2.24) is 9.78 Å². The van der Waals surface area contributed by atoms with Crippen molar-refractivity contribution in [2.24, 2.45) is 35.6 Å². The summed E-state index contributed by atoms with van der Waals surface area (Å²) in [6.45, 7) is 6.83. The molecular formula is C31H36F2N2O7S. The molecule has 6 rings (SSSR count). The Balaban J connectivity index is 1.47. The average Bonchev–Trinajstić information content (AvgIpc) is 3.56. The average molecular weight is 619 g/mol. The zero-order valence-electron chi connectivity index (χ0n) is 24.8. The van der Waals surface area contributed by atoms with Crippen LogP contribution in [0.15, 0.2) is 29.9 Å². The maximum atomic E-state index is 17.7. The lowest BCUT2D eigenvalue weighted by Crippen LogP contribution is -2.70. The molecule has 4 fully saturated rings. The van der Waals surface area contributed by atoms with E-state index in [1.165, 1.54) is 29.8 Å². The summed E-state index contributed by atoms with van der Waals surface area (Å²) >= 11 is 0.744. The fourth-order valence-corrected chi connectivity index (χ4v) is 10.3. The molecule has 0 radical (unpaired) electrons. The van der Waals surface area contributed by atoms with Gasteiger partial charge in [0.2, 0.25) is 5.12 Å². The van der Waals surface area contributed by atoms with Crippen LogP contribution in [0.3, 0.4) is 0 Å². The van der Waals surface area contributed by atoms with Crippen molar-refractivity contribution in [3.63, 3.8) is 0 Å². The number of aryl methyl sites for hydroxylation is 2. The molecule has 1 aromatic rings. The van der Waals surface area contributed by atoms with Crippen molar-refractivity contribution >= 4 is 34.6 Å². The van der Waals surface area contributed by atoms with Gasteiger partial charge in [-0.1, -0.05) is 31.7 Å². The lowest BCUT2D eigenvalue weighted by molar-refractivity contribution is -0.221. The third-order valence-corrected chi connectivity index (χ3v) is 12.3. The Hall–Kier alpha value is -2.86. The Morgan fingerprint density at radius 2 is 1.95 bits per heavy atom. The maximum Gasteiger partial charge on any atom is 0.357 e. The first-order chi connectivity index (χ1) is 20.1. The largest absolute Gasteiger partial charge is 0.465 e. The molecule has 4 aliphatic carbocycles. The summed E-state index contributed by atoms with van der Waals surface area (Å²) < 4.78 is 46.3. The molecule has 1 N–H and O–H groups in total. The van der Waals surface area contributed by atoms with Gasteiger partial charge < -0.3 is 14.6 Å². The molecule has 0 aromatic carbocycles. The molecule has 12 heteroatoms. The molecule has 2 heterocycles. The predicted octanol–water partition coefficient (Wildman–Crippen LogP) is 3.76. The van der Waals surface area contributed by atoms with Crippen LogP contribution in [0.4, 0.5) is 8.78 Å². The number of ether oxygens (including phenoxy) is 2. The third-order valence-electron chi connectivity index (χ3n) is 11.1. The minimum absolute atomic E-state index is 0.00287. The van der Waals surface area contributed by atoms with Gasteiger partial charge in [0, 0.05) is 36.1 Å². The van der Waals surface area contributed by atoms with Gasteiger partial charge in [-0.05, 0) is 62.8 Å². The molecule has 1 aromatic heterocycles. The van der Waals surface area contributed by atoms with Gasteiger partial charge in [-0.15, -0.1) is 0 Å². The number of hydrogen-bond donors (Lipinski definition) is 1. The number of esters is 2. The molecule has 1 saturated heterocycles. The molecule has 0 spiro atoms. The van der Waals surface area contributed by atoms with E-state index in [-0.39, 0.29) is 37.1 Å². The molecule has 0 bridgehead atoms. The van der Waals surface area contributed by atoms with Crippen LogP contribution in [0.5, 0.6) is 0 Å². The standard InChI is InChI=1S/C31H36F2N2O7S/c1-15-10-18-19-13-21(32)20-12-17(36)6-8-28(20,3)30(19,33)24(37)14-29(18,4)31(15,27(40)43-23-7-9-41-26(23)39)42-25(38)22-11-16(2)34-35(22)5/h6,8,11-12,15,18-19,21,23-24,37H,7,9-10,13-14H2,1-5H3/t15-,18+,19+,21+,23+,24+,28+,29+,30+,31+/m1/s1. The van der Waals surface area contributed by atoms with Gasteiger partial charge in [0.1, 0.15) is 17.1 Å². The molecule has 1 aliphatic heterocycles.